The molecule has 2 aromatic carbocycles. The average molecular weight is 364 g/mol. The van der Waals surface area contributed by atoms with Crippen LogP contribution in [-0.4, -0.2) is 8.42 Å². The van der Waals surface area contributed by atoms with Crippen LogP contribution < -0.4 is 4.72 Å². The predicted octanol–water partition coefficient (Wildman–Crippen LogP) is 4.78. The second kappa shape index (κ2) is 6.05. The third kappa shape index (κ3) is 3.97. The summed E-state index contributed by atoms with van der Waals surface area (Å²) in [7, 11) is -4.04. The Labute approximate surface area is 137 Å². The van der Waals surface area contributed by atoms with Crippen LogP contribution in [0.15, 0.2) is 41.3 Å². The number of aryl methyl sites for hydroxylation is 2. The van der Waals surface area contributed by atoms with Crippen LogP contribution in [0.4, 0.5) is 18.9 Å². The van der Waals surface area contributed by atoms with Gasteiger partial charge in [-0.3, -0.25) is 4.72 Å². The van der Waals surface area contributed by atoms with Gasteiger partial charge in [0, 0.05) is 0 Å². The Balaban J connectivity index is 2.42. The highest BCUT2D eigenvalue weighted by Gasteiger charge is 2.31. The Morgan fingerprint density at radius 3 is 2.22 bits per heavy atom. The molecular weight excluding hydrogens is 351 g/mol. The van der Waals surface area contributed by atoms with Gasteiger partial charge in [-0.1, -0.05) is 17.7 Å². The summed E-state index contributed by atoms with van der Waals surface area (Å²) in [5.74, 6) is 0. The van der Waals surface area contributed by atoms with Crippen molar-refractivity contribution in [1.29, 1.82) is 0 Å². The van der Waals surface area contributed by atoms with Crippen LogP contribution in [0.5, 0.6) is 0 Å². The summed E-state index contributed by atoms with van der Waals surface area (Å²) in [6, 6.07) is 6.91. The van der Waals surface area contributed by atoms with Gasteiger partial charge in [-0.05, 0) is 55.3 Å². The SMILES string of the molecule is Cc1ccc(S(=O)(=O)Nc2cc(C(F)(F)F)ccc2Cl)cc1C. The highest BCUT2D eigenvalue weighted by Crippen LogP contribution is 2.34. The minimum atomic E-state index is -4.59. The molecule has 0 bridgehead atoms. The van der Waals surface area contributed by atoms with E-state index in [1.54, 1.807) is 13.0 Å². The number of rotatable bonds is 3. The summed E-state index contributed by atoms with van der Waals surface area (Å²) in [5, 5.41) is -0.120. The summed E-state index contributed by atoms with van der Waals surface area (Å²) < 4.78 is 65.0. The van der Waals surface area contributed by atoms with Gasteiger partial charge >= 0.3 is 6.18 Å². The van der Waals surface area contributed by atoms with Crippen molar-refractivity contribution in [2.24, 2.45) is 0 Å². The van der Waals surface area contributed by atoms with E-state index in [4.69, 9.17) is 11.6 Å². The maximum absolute atomic E-state index is 12.7. The van der Waals surface area contributed by atoms with E-state index in [1.165, 1.54) is 12.1 Å². The number of halogens is 4. The van der Waals surface area contributed by atoms with Gasteiger partial charge in [0.25, 0.3) is 10.0 Å². The molecule has 0 aliphatic rings. The Hall–Kier alpha value is -1.73. The summed E-state index contributed by atoms with van der Waals surface area (Å²) in [4.78, 5) is -0.0471. The first kappa shape index (κ1) is 17.6. The summed E-state index contributed by atoms with van der Waals surface area (Å²) in [6.45, 7) is 3.56. The van der Waals surface area contributed by atoms with E-state index >= 15 is 0 Å². The molecule has 2 rings (SSSR count). The fraction of sp³-hybridized carbons (Fsp3) is 0.200. The van der Waals surface area contributed by atoms with Crippen molar-refractivity contribution in [2.75, 3.05) is 4.72 Å². The molecule has 0 aliphatic heterocycles. The molecular formula is C15H13ClF3NO2S. The lowest BCUT2D eigenvalue weighted by molar-refractivity contribution is -0.137. The molecule has 8 heteroatoms. The smallest absolute Gasteiger partial charge is 0.278 e. The molecule has 0 amide bonds. The largest absolute Gasteiger partial charge is 0.416 e. The van der Waals surface area contributed by atoms with E-state index in [2.05, 4.69) is 4.72 Å². The first-order chi connectivity index (χ1) is 10.5. The van der Waals surface area contributed by atoms with Crippen molar-refractivity contribution in [3.63, 3.8) is 0 Å². The highest BCUT2D eigenvalue weighted by atomic mass is 35.5. The molecule has 3 nitrogen and oxygen atoms in total. The molecule has 0 fully saturated rings. The Bertz CT molecular complexity index is 848. The highest BCUT2D eigenvalue weighted by molar-refractivity contribution is 7.92. The van der Waals surface area contributed by atoms with E-state index in [1.807, 2.05) is 6.92 Å². The van der Waals surface area contributed by atoms with Crippen LogP contribution >= 0.6 is 11.6 Å². The van der Waals surface area contributed by atoms with E-state index in [9.17, 15) is 21.6 Å². The van der Waals surface area contributed by atoms with E-state index in [0.29, 0.717) is 6.07 Å². The van der Waals surface area contributed by atoms with Gasteiger partial charge in [0.2, 0.25) is 0 Å². The Morgan fingerprint density at radius 1 is 1.00 bits per heavy atom. The minimum absolute atomic E-state index is 0.0471. The van der Waals surface area contributed by atoms with Gasteiger partial charge in [-0.15, -0.1) is 0 Å². The minimum Gasteiger partial charge on any atom is -0.278 e. The molecule has 0 heterocycles. The van der Waals surface area contributed by atoms with E-state index in [0.717, 1.165) is 23.3 Å². The van der Waals surface area contributed by atoms with Crippen molar-refractivity contribution >= 4 is 27.3 Å². The van der Waals surface area contributed by atoms with Gasteiger partial charge < -0.3 is 0 Å². The van der Waals surface area contributed by atoms with Crippen LogP contribution in [0.25, 0.3) is 0 Å². The molecule has 2 aromatic rings. The molecule has 0 aromatic heterocycles. The molecule has 0 atom stereocenters. The lowest BCUT2D eigenvalue weighted by Crippen LogP contribution is -2.14. The normalized spacial score (nSPS) is 12.3. The molecule has 0 aliphatic carbocycles. The maximum Gasteiger partial charge on any atom is 0.416 e. The van der Waals surface area contributed by atoms with E-state index < -0.39 is 21.8 Å². The summed E-state index contributed by atoms with van der Waals surface area (Å²) in [5.41, 5.74) is 0.350. The zero-order valence-corrected chi connectivity index (χ0v) is 13.8. The topological polar surface area (TPSA) is 46.2 Å². The van der Waals surface area contributed by atoms with Crippen LogP contribution in [0.1, 0.15) is 16.7 Å². The van der Waals surface area contributed by atoms with Crippen molar-refractivity contribution in [3.05, 3.63) is 58.1 Å². The van der Waals surface area contributed by atoms with Crippen molar-refractivity contribution in [1.82, 2.24) is 0 Å². The maximum atomic E-state index is 12.7. The molecule has 124 valence electrons. The third-order valence-electron chi connectivity index (χ3n) is 3.33. The predicted molar refractivity (Wildman–Crippen MR) is 83.2 cm³/mol. The number of nitrogens with one attached hydrogen (secondary N) is 1. The quantitative estimate of drug-likeness (QED) is 0.853. The number of sulfonamides is 1. The molecule has 23 heavy (non-hydrogen) atoms. The number of hydrogen-bond donors (Lipinski definition) is 1. The van der Waals surface area contributed by atoms with Crippen molar-refractivity contribution in [3.8, 4) is 0 Å². The van der Waals surface area contributed by atoms with Crippen molar-refractivity contribution in [2.45, 2.75) is 24.9 Å². The second-order valence-corrected chi connectivity index (χ2v) is 7.13. The molecule has 0 radical (unpaired) electrons. The lowest BCUT2D eigenvalue weighted by atomic mass is 10.1. The Morgan fingerprint density at radius 2 is 1.65 bits per heavy atom. The van der Waals surface area contributed by atoms with Gasteiger partial charge in [0.1, 0.15) is 0 Å². The number of anilines is 1. The first-order valence-corrected chi connectivity index (χ1v) is 8.33. The van der Waals surface area contributed by atoms with Gasteiger partial charge in [0.15, 0.2) is 0 Å². The fourth-order valence-corrected chi connectivity index (χ4v) is 3.24. The standard InChI is InChI=1S/C15H13ClF3NO2S/c1-9-3-5-12(7-10(9)2)23(21,22)20-14-8-11(15(17,18)19)4-6-13(14)16/h3-8,20H,1-2H3. The van der Waals surface area contributed by atoms with Crippen LogP contribution in [0.2, 0.25) is 5.02 Å². The number of hydrogen-bond acceptors (Lipinski definition) is 2. The fourth-order valence-electron chi connectivity index (χ4n) is 1.86. The van der Waals surface area contributed by atoms with Gasteiger partial charge in [-0.2, -0.15) is 13.2 Å². The molecule has 0 saturated carbocycles. The average Bonchev–Trinajstić information content (AvgIpc) is 2.42. The third-order valence-corrected chi connectivity index (χ3v) is 5.02. The lowest BCUT2D eigenvalue weighted by Gasteiger charge is -2.13. The van der Waals surface area contributed by atoms with Gasteiger partial charge in [0.05, 0.1) is 21.2 Å². The number of alkyl halides is 3. The monoisotopic (exact) mass is 363 g/mol. The summed E-state index contributed by atoms with van der Waals surface area (Å²) >= 11 is 5.80. The zero-order valence-electron chi connectivity index (χ0n) is 12.2. The molecule has 1 N–H and O–H groups in total. The first-order valence-electron chi connectivity index (χ1n) is 6.47. The van der Waals surface area contributed by atoms with Gasteiger partial charge in [-0.25, -0.2) is 8.42 Å². The number of benzene rings is 2. The molecule has 0 saturated heterocycles. The zero-order chi connectivity index (χ0) is 17.4. The molecule has 0 spiro atoms. The van der Waals surface area contributed by atoms with Crippen LogP contribution in [-0.2, 0) is 16.2 Å². The van der Waals surface area contributed by atoms with E-state index in [-0.39, 0.29) is 15.6 Å². The summed E-state index contributed by atoms with van der Waals surface area (Å²) in [6.07, 6.45) is -4.59. The van der Waals surface area contributed by atoms with Crippen LogP contribution in [0.3, 0.4) is 0 Å². The molecule has 0 unspecified atom stereocenters. The Kier molecular flexibility index (Phi) is 4.64. The second-order valence-electron chi connectivity index (χ2n) is 5.04. The van der Waals surface area contributed by atoms with Crippen molar-refractivity contribution < 1.29 is 21.6 Å². The van der Waals surface area contributed by atoms with Crippen LogP contribution in [0, 0.1) is 13.8 Å².